The number of hydrogen-bond acceptors (Lipinski definition) is 10. The van der Waals surface area contributed by atoms with E-state index < -0.39 is 72.5 Å². The van der Waals surface area contributed by atoms with Crippen molar-refractivity contribution in [2.24, 2.45) is 0 Å². The third-order valence-corrected chi connectivity index (χ3v) is 9.17. The minimum Gasteiger partial charge on any atom is -0.462 e. The highest BCUT2D eigenvalue weighted by Crippen LogP contribution is 2.74. The van der Waals surface area contributed by atoms with E-state index in [2.05, 4.69) is 5.09 Å². The first-order valence-electron chi connectivity index (χ1n) is 14.1. The number of aromatic nitrogens is 2. The van der Waals surface area contributed by atoms with Crippen molar-refractivity contribution in [1.29, 1.82) is 0 Å². The van der Waals surface area contributed by atoms with E-state index in [0.29, 0.717) is 15.3 Å². The number of aromatic amines is 1. The largest absolute Gasteiger partial charge is 0.462 e. The Labute approximate surface area is 255 Å². The highest BCUT2D eigenvalue weighted by Gasteiger charge is 2.99. The molecule has 1 aromatic heterocycles. The Kier molecular flexibility index (Phi) is 8.28. The number of nitrogens with zero attached hydrogens (tertiary/aromatic N) is 1. The third kappa shape index (κ3) is 5.47. The van der Waals surface area contributed by atoms with Crippen LogP contribution in [0.15, 0.2) is 64.3 Å². The molecule has 2 aromatic carbocycles. The summed E-state index contributed by atoms with van der Waals surface area (Å²) < 4.78 is 76.1. The molecule has 3 unspecified atom stereocenters. The van der Waals surface area contributed by atoms with Crippen LogP contribution in [0.2, 0.25) is 0 Å². The topological polar surface area (TPSA) is 164 Å². The van der Waals surface area contributed by atoms with Crippen molar-refractivity contribution in [2.75, 3.05) is 0 Å². The molecule has 242 valence electrons. The van der Waals surface area contributed by atoms with Gasteiger partial charge in [-0.15, -0.1) is 0 Å². The number of halogens is 2. The summed E-state index contributed by atoms with van der Waals surface area (Å²) in [5.74, 6) is -5.20. The van der Waals surface area contributed by atoms with Gasteiger partial charge in [-0.25, -0.2) is 18.1 Å². The molecule has 2 aliphatic rings. The van der Waals surface area contributed by atoms with Crippen molar-refractivity contribution in [3.8, 4) is 5.75 Å². The van der Waals surface area contributed by atoms with Crippen LogP contribution >= 0.6 is 7.75 Å². The summed E-state index contributed by atoms with van der Waals surface area (Å²) in [6.07, 6.45) is -4.23. The van der Waals surface area contributed by atoms with Crippen molar-refractivity contribution in [3.63, 3.8) is 0 Å². The van der Waals surface area contributed by atoms with Gasteiger partial charge >= 0.3 is 25.4 Å². The fraction of sp³-hybridized carbons (Fsp3) is 0.448. The lowest BCUT2D eigenvalue weighted by Gasteiger charge is -2.32. The summed E-state index contributed by atoms with van der Waals surface area (Å²) in [5, 5.41) is 3.57. The summed E-state index contributed by atoms with van der Waals surface area (Å²) in [4.78, 5) is 51.2. The minimum absolute atomic E-state index is 0.00766. The first-order valence-corrected chi connectivity index (χ1v) is 15.7. The van der Waals surface area contributed by atoms with Gasteiger partial charge in [0.25, 0.3) is 11.4 Å². The van der Waals surface area contributed by atoms with Gasteiger partial charge in [-0.2, -0.15) is 5.09 Å². The Bertz CT molecular complexity index is 1810. The second-order valence-corrected chi connectivity index (χ2v) is 12.8. The summed E-state index contributed by atoms with van der Waals surface area (Å²) in [5.41, 5.74) is -7.87. The number of benzene rings is 2. The molecule has 13 nitrogen and oxygen atoms in total. The smallest absolute Gasteiger partial charge is 0.460 e. The molecular weight excluding hydrogens is 619 g/mol. The van der Waals surface area contributed by atoms with Crippen molar-refractivity contribution >= 4 is 30.5 Å². The number of fused-ring (bicyclic) bond motifs is 2. The van der Waals surface area contributed by atoms with Gasteiger partial charge in [0.15, 0.2) is 12.3 Å². The third-order valence-electron chi connectivity index (χ3n) is 7.54. The Morgan fingerprint density at radius 1 is 1.11 bits per heavy atom. The summed E-state index contributed by atoms with van der Waals surface area (Å²) >= 11 is 0. The van der Waals surface area contributed by atoms with Crippen LogP contribution in [-0.2, 0) is 32.9 Å². The fourth-order valence-corrected chi connectivity index (χ4v) is 7.06. The molecule has 16 heteroatoms. The number of hydrogen-bond donors (Lipinski definition) is 2. The van der Waals surface area contributed by atoms with Crippen LogP contribution in [0.1, 0.15) is 47.3 Å². The Balaban J connectivity index is 1.56. The number of ether oxygens (including phenoxy) is 3. The molecule has 0 radical (unpaired) electrons. The quantitative estimate of drug-likeness (QED) is 0.229. The van der Waals surface area contributed by atoms with Crippen LogP contribution in [0.4, 0.5) is 8.78 Å². The monoisotopic (exact) mass is 651 g/mol. The van der Waals surface area contributed by atoms with Crippen LogP contribution in [0.25, 0.3) is 10.8 Å². The molecule has 0 bridgehead atoms. The van der Waals surface area contributed by atoms with Crippen LogP contribution in [0.3, 0.4) is 0 Å². The number of H-pyrrole nitrogens is 1. The molecule has 1 aliphatic heterocycles. The Hall–Kier alpha value is -3.91. The van der Waals surface area contributed by atoms with Gasteiger partial charge in [-0.1, -0.05) is 43.3 Å². The maximum absolute atomic E-state index is 16.9. The maximum Gasteiger partial charge on any atom is 0.460 e. The molecule has 0 amide bonds. The first kappa shape index (κ1) is 32.5. The molecule has 45 heavy (non-hydrogen) atoms. The van der Waals surface area contributed by atoms with Gasteiger partial charge in [0.2, 0.25) is 11.3 Å². The zero-order valence-electron chi connectivity index (χ0n) is 24.9. The number of rotatable bonds is 11. The molecule has 1 saturated heterocycles. The average molecular weight is 652 g/mol. The highest BCUT2D eigenvalue weighted by atomic mass is 31.2. The molecule has 3 aromatic rings. The van der Waals surface area contributed by atoms with E-state index in [-0.39, 0.29) is 12.2 Å². The second kappa shape index (κ2) is 11.5. The van der Waals surface area contributed by atoms with Gasteiger partial charge in [-0.3, -0.25) is 28.5 Å². The maximum atomic E-state index is 16.9. The van der Waals surface area contributed by atoms with E-state index in [1.165, 1.54) is 19.9 Å². The van der Waals surface area contributed by atoms with Gasteiger partial charge in [0, 0.05) is 24.1 Å². The lowest BCUT2D eigenvalue weighted by atomic mass is 9.97. The molecule has 2 N–H and O–H groups in total. The molecular formula is C29H32F2N3O10P. The van der Waals surface area contributed by atoms with Crippen LogP contribution in [0, 0.1) is 0 Å². The number of carbonyl (C=O) groups excluding carboxylic acids is 2. The van der Waals surface area contributed by atoms with E-state index in [9.17, 15) is 23.7 Å². The van der Waals surface area contributed by atoms with E-state index in [1.807, 2.05) is 4.98 Å². The van der Waals surface area contributed by atoms with E-state index >= 15 is 8.78 Å². The van der Waals surface area contributed by atoms with Crippen molar-refractivity contribution in [2.45, 2.75) is 82.6 Å². The molecule has 1 aliphatic carbocycles. The summed E-state index contributed by atoms with van der Waals surface area (Å²) in [6.45, 7) is 6.69. The van der Waals surface area contributed by atoms with Gasteiger partial charge in [0.1, 0.15) is 11.8 Å². The fourth-order valence-electron chi connectivity index (χ4n) is 5.35. The summed E-state index contributed by atoms with van der Waals surface area (Å²) in [6, 6.07) is 11.2. The number of nitrogens with one attached hydrogen (secondary N) is 2. The number of alkyl halides is 2. The average Bonchev–Trinajstić information content (AvgIpc) is 3.39. The van der Waals surface area contributed by atoms with E-state index in [1.54, 1.807) is 50.2 Å². The SMILES string of the molecule is CCC(=O)O[C@]12C(OP(=O)(NC(C)C(=O)OC(C)C)Oc3cccc4ccccc34)[C@@]1(F)O[C@@H](n1ccc(=O)[nH]c1=O)[C@]2(C)F. The summed E-state index contributed by atoms with van der Waals surface area (Å²) in [7, 11) is -4.89. The molecule has 0 spiro atoms. The predicted octanol–water partition coefficient (Wildman–Crippen LogP) is 3.82. The van der Waals surface area contributed by atoms with Crippen molar-refractivity contribution < 1.29 is 46.2 Å². The normalized spacial score (nSPS) is 29.1. The van der Waals surface area contributed by atoms with Gasteiger partial charge in [-0.05, 0) is 39.1 Å². The highest BCUT2D eigenvalue weighted by molar-refractivity contribution is 7.52. The second-order valence-electron chi connectivity index (χ2n) is 11.2. The van der Waals surface area contributed by atoms with E-state index in [0.717, 1.165) is 19.2 Å². The molecule has 2 fully saturated rings. The van der Waals surface area contributed by atoms with Crippen LogP contribution in [0.5, 0.6) is 5.75 Å². The van der Waals surface area contributed by atoms with Gasteiger partial charge < -0.3 is 18.7 Å². The predicted molar refractivity (Wildman–Crippen MR) is 155 cm³/mol. The number of esters is 2. The minimum atomic E-state index is -4.89. The van der Waals surface area contributed by atoms with Crippen molar-refractivity contribution in [3.05, 3.63) is 75.6 Å². The van der Waals surface area contributed by atoms with Crippen LogP contribution in [-0.4, -0.2) is 56.9 Å². The molecule has 5 rings (SSSR count). The lowest BCUT2D eigenvalue weighted by molar-refractivity contribution is -0.170. The van der Waals surface area contributed by atoms with Crippen LogP contribution < -0.4 is 20.9 Å². The zero-order valence-corrected chi connectivity index (χ0v) is 25.8. The molecule has 1 saturated carbocycles. The Morgan fingerprint density at radius 3 is 2.47 bits per heavy atom. The first-order chi connectivity index (χ1) is 21.1. The Morgan fingerprint density at radius 2 is 1.80 bits per heavy atom. The van der Waals surface area contributed by atoms with Gasteiger partial charge in [0.05, 0.1) is 6.10 Å². The zero-order chi connectivity index (χ0) is 32.9. The molecule has 2 heterocycles. The molecule has 7 atom stereocenters. The standard InChI is InChI=1S/C29H32F2N3O10P/c1-6-22(36)41-28-24(29(28,31)42-25(27(28,5)30)34-15-14-21(35)32-26(34)38)44-45(39,33-17(4)23(37)40-16(2)3)43-20-13-9-11-18-10-7-8-12-19(18)20/h7-17,24-25H,6H2,1-5H3,(H,33,39)(H,32,35,38)/t17?,24?,25-,27+,28+,29-,45?/m1/s1. The lowest BCUT2D eigenvalue weighted by Crippen LogP contribution is -2.50. The number of carbonyl (C=O) groups is 2. The van der Waals surface area contributed by atoms with E-state index in [4.69, 9.17) is 23.3 Å². The van der Waals surface area contributed by atoms with Crippen molar-refractivity contribution in [1.82, 2.24) is 14.6 Å².